The third kappa shape index (κ3) is 3.65. The van der Waals surface area contributed by atoms with Gasteiger partial charge >= 0.3 is 0 Å². The molecular weight excluding hydrogens is 291 g/mol. The maximum Gasteiger partial charge on any atom is 0.243 e. The number of halogens is 1. The predicted octanol–water partition coefficient (Wildman–Crippen LogP) is 2.74. The molecule has 1 aromatic carbocycles. The summed E-state index contributed by atoms with van der Waals surface area (Å²) in [7, 11) is -3.65. The van der Waals surface area contributed by atoms with Crippen LogP contribution in [0.1, 0.15) is 18.3 Å². The summed E-state index contributed by atoms with van der Waals surface area (Å²) < 4.78 is 39.3. The highest BCUT2D eigenvalue weighted by atomic mass is 32.2. The summed E-state index contributed by atoms with van der Waals surface area (Å²) in [4.78, 5) is 4.40. The molecule has 0 saturated heterocycles. The molecule has 0 saturated carbocycles. The van der Waals surface area contributed by atoms with Crippen LogP contribution in [-0.2, 0) is 16.6 Å². The van der Waals surface area contributed by atoms with Gasteiger partial charge in [-0.15, -0.1) is 0 Å². The summed E-state index contributed by atoms with van der Waals surface area (Å²) in [5.74, 6) is -0.461. The molecule has 21 heavy (non-hydrogen) atoms. The fraction of sp³-hybridized carbons (Fsp3) is 0.267. The molecule has 0 aliphatic heterocycles. The smallest absolute Gasteiger partial charge is 0.243 e. The minimum absolute atomic E-state index is 0.0819. The first-order chi connectivity index (χ1) is 9.93. The van der Waals surface area contributed by atoms with Crippen LogP contribution in [-0.4, -0.2) is 24.3 Å². The molecule has 1 heterocycles. The lowest BCUT2D eigenvalue weighted by Crippen LogP contribution is -2.30. The summed E-state index contributed by atoms with van der Waals surface area (Å²) in [5, 5.41) is 0. The van der Waals surface area contributed by atoms with Gasteiger partial charge in [0.25, 0.3) is 0 Å². The van der Waals surface area contributed by atoms with E-state index in [9.17, 15) is 12.8 Å². The standard InChI is InChI=1S/C15H17FN2O2S/c1-3-18(11-14-6-4-5-12(2)17-14)21(19,20)15-9-7-13(16)8-10-15/h4-10H,3,11H2,1-2H3. The van der Waals surface area contributed by atoms with Crippen LogP contribution in [0.4, 0.5) is 4.39 Å². The number of pyridine rings is 1. The van der Waals surface area contributed by atoms with Crippen LogP contribution in [0, 0.1) is 12.7 Å². The second kappa shape index (κ2) is 6.32. The Morgan fingerprint density at radius 2 is 1.81 bits per heavy atom. The molecule has 4 nitrogen and oxygen atoms in total. The van der Waals surface area contributed by atoms with E-state index in [1.54, 1.807) is 13.0 Å². The molecule has 0 atom stereocenters. The number of hydrogen-bond acceptors (Lipinski definition) is 3. The highest BCUT2D eigenvalue weighted by Gasteiger charge is 2.23. The third-order valence-corrected chi connectivity index (χ3v) is 5.02. The molecule has 0 radical (unpaired) electrons. The zero-order valence-electron chi connectivity index (χ0n) is 12.0. The van der Waals surface area contributed by atoms with Gasteiger partial charge in [-0.25, -0.2) is 12.8 Å². The van der Waals surface area contributed by atoms with Gasteiger partial charge < -0.3 is 0 Å². The van der Waals surface area contributed by atoms with Crippen LogP contribution in [0.25, 0.3) is 0 Å². The van der Waals surface area contributed by atoms with Gasteiger partial charge in [-0.3, -0.25) is 4.98 Å². The Bertz CT molecular complexity index is 715. The molecule has 0 bridgehead atoms. The first kappa shape index (κ1) is 15.6. The van der Waals surface area contributed by atoms with Gasteiger partial charge in [0.05, 0.1) is 17.1 Å². The zero-order chi connectivity index (χ0) is 15.5. The second-order valence-corrected chi connectivity index (χ2v) is 6.59. The third-order valence-electron chi connectivity index (χ3n) is 3.09. The minimum atomic E-state index is -3.65. The fourth-order valence-corrected chi connectivity index (χ4v) is 3.41. The molecular formula is C15H17FN2O2S. The van der Waals surface area contributed by atoms with E-state index in [2.05, 4.69) is 4.98 Å². The number of aryl methyl sites for hydroxylation is 1. The lowest BCUT2D eigenvalue weighted by Gasteiger charge is -2.20. The van der Waals surface area contributed by atoms with Gasteiger partial charge in [0, 0.05) is 12.2 Å². The highest BCUT2D eigenvalue weighted by molar-refractivity contribution is 7.89. The van der Waals surface area contributed by atoms with E-state index in [1.165, 1.54) is 16.4 Å². The molecule has 0 unspecified atom stereocenters. The molecule has 0 spiro atoms. The van der Waals surface area contributed by atoms with Gasteiger partial charge in [0.15, 0.2) is 0 Å². The van der Waals surface area contributed by atoms with Crippen LogP contribution in [0.2, 0.25) is 0 Å². The molecule has 2 aromatic rings. The topological polar surface area (TPSA) is 50.3 Å². The van der Waals surface area contributed by atoms with Crippen molar-refractivity contribution < 1.29 is 12.8 Å². The van der Waals surface area contributed by atoms with Crippen molar-refractivity contribution in [1.29, 1.82) is 0 Å². The molecule has 0 fully saturated rings. The summed E-state index contributed by atoms with van der Waals surface area (Å²) in [6.07, 6.45) is 0. The SMILES string of the molecule is CCN(Cc1cccc(C)n1)S(=O)(=O)c1ccc(F)cc1. The van der Waals surface area contributed by atoms with E-state index in [-0.39, 0.29) is 11.4 Å². The maximum absolute atomic E-state index is 12.9. The van der Waals surface area contributed by atoms with Crippen molar-refractivity contribution in [2.75, 3.05) is 6.54 Å². The number of sulfonamides is 1. The quantitative estimate of drug-likeness (QED) is 0.853. The fourth-order valence-electron chi connectivity index (χ4n) is 1.99. The van der Waals surface area contributed by atoms with E-state index in [0.29, 0.717) is 12.2 Å². The van der Waals surface area contributed by atoms with Crippen LogP contribution < -0.4 is 0 Å². The Labute approximate surface area is 124 Å². The number of benzene rings is 1. The number of hydrogen-bond donors (Lipinski definition) is 0. The maximum atomic E-state index is 12.9. The van der Waals surface area contributed by atoms with Crippen molar-refractivity contribution in [2.45, 2.75) is 25.3 Å². The molecule has 6 heteroatoms. The number of aromatic nitrogens is 1. The van der Waals surface area contributed by atoms with Gasteiger partial charge in [0.2, 0.25) is 10.0 Å². The summed E-state index contributed by atoms with van der Waals surface area (Å²) in [6.45, 7) is 4.12. The normalized spacial score (nSPS) is 11.8. The largest absolute Gasteiger partial charge is 0.257 e. The minimum Gasteiger partial charge on any atom is -0.257 e. The Kier molecular flexibility index (Phi) is 4.69. The average Bonchev–Trinajstić information content (AvgIpc) is 2.45. The van der Waals surface area contributed by atoms with E-state index >= 15 is 0 Å². The van der Waals surface area contributed by atoms with Crippen LogP contribution in [0.3, 0.4) is 0 Å². The first-order valence-electron chi connectivity index (χ1n) is 6.61. The second-order valence-electron chi connectivity index (χ2n) is 4.66. The lowest BCUT2D eigenvalue weighted by molar-refractivity contribution is 0.418. The molecule has 1 aromatic heterocycles. The Morgan fingerprint density at radius 3 is 2.38 bits per heavy atom. The van der Waals surface area contributed by atoms with Crippen molar-refractivity contribution in [3.05, 3.63) is 59.7 Å². The van der Waals surface area contributed by atoms with Crippen molar-refractivity contribution in [3.8, 4) is 0 Å². The van der Waals surface area contributed by atoms with Gasteiger partial charge in [-0.1, -0.05) is 13.0 Å². The summed E-state index contributed by atoms with van der Waals surface area (Å²) in [5.41, 5.74) is 1.52. The zero-order valence-corrected chi connectivity index (χ0v) is 12.8. The van der Waals surface area contributed by atoms with Crippen LogP contribution in [0.15, 0.2) is 47.4 Å². The van der Waals surface area contributed by atoms with Crippen molar-refractivity contribution in [2.24, 2.45) is 0 Å². The van der Waals surface area contributed by atoms with Crippen molar-refractivity contribution in [1.82, 2.24) is 9.29 Å². The molecule has 2 rings (SSSR count). The Morgan fingerprint density at radius 1 is 1.14 bits per heavy atom. The molecule has 0 N–H and O–H groups in total. The molecule has 0 amide bonds. The summed E-state index contributed by atoms with van der Waals surface area (Å²) in [6, 6.07) is 10.3. The molecule has 112 valence electrons. The van der Waals surface area contributed by atoms with Crippen molar-refractivity contribution >= 4 is 10.0 Å². The first-order valence-corrected chi connectivity index (χ1v) is 8.05. The number of nitrogens with zero attached hydrogens (tertiary/aromatic N) is 2. The van der Waals surface area contributed by atoms with Crippen molar-refractivity contribution in [3.63, 3.8) is 0 Å². The average molecular weight is 308 g/mol. The van der Waals surface area contributed by atoms with Crippen LogP contribution >= 0.6 is 0 Å². The van der Waals surface area contributed by atoms with Gasteiger partial charge in [-0.05, 0) is 43.3 Å². The van der Waals surface area contributed by atoms with E-state index in [1.807, 2.05) is 19.1 Å². The van der Waals surface area contributed by atoms with E-state index in [0.717, 1.165) is 17.8 Å². The lowest BCUT2D eigenvalue weighted by atomic mass is 10.3. The van der Waals surface area contributed by atoms with Gasteiger partial charge in [-0.2, -0.15) is 4.31 Å². The summed E-state index contributed by atoms with van der Waals surface area (Å²) >= 11 is 0. The van der Waals surface area contributed by atoms with Gasteiger partial charge in [0.1, 0.15) is 5.82 Å². The Balaban J connectivity index is 2.29. The van der Waals surface area contributed by atoms with Crippen LogP contribution in [0.5, 0.6) is 0 Å². The monoisotopic (exact) mass is 308 g/mol. The predicted molar refractivity (Wildman–Crippen MR) is 78.6 cm³/mol. The van der Waals surface area contributed by atoms with E-state index < -0.39 is 15.8 Å². The molecule has 0 aliphatic carbocycles. The Hall–Kier alpha value is -1.79. The highest BCUT2D eigenvalue weighted by Crippen LogP contribution is 2.18. The number of rotatable bonds is 5. The van der Waals surface area contributed by atoms with E-state index in [4.69, 9.17) is 0 Å². The molecule has 0 aliphatic rings.